The van der Waals surface area contributed by atoms with Gasteiger partial charge in [0, 0.05) is 166 Å². The fraction of sp³-hybridized carbons (Fsp3) is 0.450. The fourth-order valence-electron chi connectivity index (χ4n) is 8.37. The summed E-state index contributed by atoms with van der Waals surface area (Å²) < 4.78 is 53.4. The number of rotatable bonds is 1. The first-order chi connectivity index (χ1) is 64.9. The van der Waals surface area contributed by atoms with E-state index < -0.39 is 0 Å². The standard InChI is InChI=1S/C7H12N2.C6H10N2.2C6H9NO.C6H9NS.C6H8S.C5H8N2.3C5H7NO.C5H6S.C4H6N2S.C4H5NO.6C4H5NS.C3H4N2S.12CH4/c1-4-9-7(3)5-6(2)8-9;1-5-4-6(2)8(3)7-5;1-4-5(2)8-6(3)7-4;1-4-5(2)7-8-6(4)3;1-4-5(2)8-6(3)7-4;1-5-3-4-7-6(5)2;1-5-3-6-4-7(5)2;1-4-3-7-6-5(4)2;1-4-3-6-7-5(4)2;1-4-3-5(2)7-6-4;1-5-3-2-4-6-5;1-3-4(2)7-6-5-3;1-4-2-3-5-6-4;1-4-2-6-3-5-4;1-4-2-5-3-6-4;1-4-2-5-6-3-4;1-4-5-2-3-6-4;1-4-2-3-6-5-4;1-4-2-3-5-6-4;1-3-2-6-5-4-3;;;;;;;;;;;;/h5H,4H2,1-3H3;4H,1-3H3;3*1-3H3;2*3-4H,1-2H3;3*3H,1-2H3;2-4H,1H3;1-2H3;7*2-3H,1H3;2H,1H3;12*1H4. The SMILES string of the molecule is C.C.C.C.C.C.C.C.C.C.C.C.CCn1nc(C)cc1C.Cc1cc(C)n(C)n1.Cc1cc(C)on1.Cc1cccs1.Cc1ccno1.Cc1ccns1.Cc1ccsc1C.Cc1ccsn1.Cc1cncn1C.Cc1cncs1.Cc1cnoc1C.Cc1cnsc1.Cc1conc1C.Cc1cscn1.Cc1csnn1.Cc1nc(C)c(C)o1.Cc1nc(C)c(C)s1.Cc1nccs1.Cc1nnsc1C.Cc1noc(C)c1C. The minimum Gasteiger partial charge on any atom is -0.446 e. The summed E-state index contributed by atoms with van der Waals surface area (Å²) in [5.41, 5.74) is 24.9. The van der Waals surface area contributed by atoms with Crippen molar-refractivity contribution in [3.8, 4) is 0 Å². The molecule has 0 radical (unpaired) electrons. The van der Waals surface area contributed by atoms with Crippen molar-refractivity contribution in [1.29, 1.82) is 0 Å². The summed E-state index contributed by atoms with van der Waals surface area (Å²) in [6.07, 6.45) is 15.9. The van der Waals surface area contributed by atoms with Gasteiger partial charge in [-0.3, -0.25) is 24.3 Å². The van der Waals surface area contributed by atoms with Crippen molar-refractivity contribution in [2.24, 2.45) is 14.1 Å². The van der Waals surface area contributed by atoms with E-state index in [2.05, 4.69) is 190 Å². The fourth-order valence-corrected chi connectivity index (χ4v) is 14.2. The second-order valence-electron chi connectivity index (χ2n) is 29.6. The highest BCUT2D eigenvalue weighted by Gasteiger charge is 2.03. The molecule has 20 heterocycles. The smallest absolute Gasteiger partial charge is 0.191 e. The second kappa shape index (κ2) is 96.4. The lowest BCUT2D eigenvalue weighted by Gasteiger charge is -1.95. The largest absolute Gasteiger partial charge is 0.446 e. The van der Waals surface area contributed by atoms with Crippen LogP contribution in [0.15, 0.2) is 186 Å². The number of aromatic nitrogens is 23. The Balaban J connectivity index is -0.000000132. The molecule has 20 aromatic rings. The average Bonchev–Trinajstić information content (AvgIpc) is 1.79. The normalized spacial score (nSPS) is 8.59. The molecule has 0 fully saturated rings. The zero-order valence-electron chi connectivity index (χ0n) is 86.0. The maximum absolute atomic E-state index is 5.10. The molecular weight excluding hydrogens is 2080 g/mol. The van der Waals surface area contributed by atoms with Crippen molar-refractivity contribution >= 4 is 126 Å². The predicted octanol–water partition coefficient (Wildman–Crippen LogP) is 36.2. The molecule has 0 aliphatic heterocycles. The van der Waals surface area contributed by atoms with Gasteiger partial charge in [0.25, 0.3) is 0 Å². The highest BCUT2D eigenvalue weighted by molar-refractivity contribution is 7.12. The van der Waals surface area contributed by atoms with Crippen molar-refractivity contribution in [2.45, 2.75) is 331 Å². The van der Waals surface area contributed by atoms with E-state index in [9.17, 15) is 0 Å². The van der Waals surface area contributed by atoms with E-state index >= 15 is 0 Å². The van der Waals surface area contributed by atoms with Crippen LogP contribution in [-0.2, 0) is 20.6 Å². The van der Waals surface area contributed by atoms with Gasteiger partial charge in [-0.1, -0.05) is 130 Å². The summed E-state index contributed by atoms with van der Waals surface area (Å²) >= 11 is 17.6. The van der Waals surface area contributed by atoms with Crippen molar-refractivity contribution in [2.75, 3.05) is 0 Å². The number of thiazole rings is 4. The average molecular weight is 2270 g/mol. The topological polar surface area (TPSA) is 351 Å². The Morgan fingerprint density at radius 2 is 1.04 bits per heavy atom. The first-order valence-corrected chi connectivity index (χ1v) is 52.1. The van der Waals surface area contributed by atoms with Crippen LogP contribution in [0.2, 0.25) is 0 Å². The quantitative estimate of drug-likeness (QED) is 0.147. The van der Waals surface area contributed by atoms with Gasteiger partial charge >= 0.3 is 0 Å². The molecule has 0 atom stereocenters. The first-order valence-electron chi connectivity index (χ1n) is 42.7. The Morgan fingerprint density at radius 1 is 0.376 bits per heavy atom. The predicted molar refractivity (Wildman–Crippen MR) is 654 cm³/mol. The molecule has 149 heavy (non-hydrogen) atoms. The van der Waals surface area contributed by atoms with Gasteiger partial charge in [0.15, 0.2) is 5.89 Å². The summed E-state index contributed by atoms with van der Waals surface area (Å²) in [5.74, 6) is 5.22. The van der Waals surface area contributed by atoms with Crippen LogP contribution in [0.4, 0.5) is 0 Å². The van der Waals surface area contributed by atoms with Gasteiger partial charge in [-0.25, -0.2) is 23.7 Å². The maximum Gasteiger partial charge on any atom is 0.191 e. The molecule has 40 heteroatoms. The van der Waals surface area contributed by atoms with Crippen molar-refractivity contribution in [3.05, 3.63) is 341 Å². The Hall–Kier alpha value is -11.2. The van der Waals surface area contributed by atoms with E-state index in [1.165, 1.54) is 126 Å². The molecule has 0 aliphatic rings. The molecule has 0 spiro atoms. The van der Waals surface area contributed by atoms with Gasteiger partial charge in [-0.2, -0.15) is 14.6 Å². The third kappa shape index (κ3) is 82.3. The molecular formula is C109H185N23O6S11. The van der Waals surface area contributed by atoms with Crippen LogP contribution in [0.3, 0.4) is 0 Å². The molecule has 0 aromatic carbocycles. The van der Waals surface area contributed by atoms with Crippen LogP contribution >= 0.6 is 126 Å². The monoisotopic (exact) mass is 2260 g/mol. The van der Waals surface area contributed by atoms with Crippen LogP contribution in [0.5, 0.6) is 0 Å². The molecule has 838 valence electrons. The summed E-state index contributed by atoms with van der Waals surface area (Å²) in [5, 5.41) is 50.2. The molecule has 0 saturated carbocycles. The van der Waals surface area contributed by atoms with Gasteiger partial charge in [0.2, 0.25) is 0 Å². The van der Waals surface area contributed by atoms with Crippen LogP contribution in [0.25, 0.3) is 0 Å². The van der Waals surface area contributed by atoms with Gasteiger partial charge in [-0.15, -0.1) is 78.2 Å². The van der Waals surface area contributed by atoms with Gasteiger partial charge in [-0.05, 0) is 344 Å². The highest BCUT2D eigenvalue weighted by Crippen LogP contribution is 2.16. The van der Waals surface area contributed by atoms with E-state index in [4.69, 9.17) is 18.0 Å². The molecule has 0 amide bonds. The number of thiophene rings is 2. The Bertz CT molecular complexity index is 5160. The number of aryl methyl sites for hydroxylation is 35. The zero-order valence-corrected chi connectivity index (χ0v) is 95.0. The Kier molecular flexibility index (Phi) is 105. The van der Waals surface area contributed by atoms with E-state index in [0.717, 1.165) is 120 Å². The summed E-state index contributed by atoms with van der Waals surface area (Å²) in [4.78, 5) is 31.8. The highest BCUT2D eigenvalue weighted by atomic mass is 32.1. The zero-order chi connectivity index (χ0) is 103. The summed E-state index contributed by atoms with van der Waals surface area (Å²) in [6, 6.07) is 18.1. The number of nitrogens with zero attached hydrogens (tertiary/aromatic N) is 23. The number of oxazole rings is 1. The summed E-state index contributed by atoms with van der Waals surface area (Å²) in [6.45, 7) is 68.6. The van der Waals surface area contributed by atoms with Crippen LogP contribution in [0.1, 0.15) is 278 Å². The Morgan fingerprint density at radius 3 is 1.18 bits per heavy atom. The molecule has 20 aromatic heterocycles. The lowest BCUT2D eigenvalue weighted by Crippen LogP contribution is -1.97. The molecule has 0 aliphatic carbocycles. The van der Waals surface area contributed by atoms with E-state index in [-0.39, 0.29) is 89.1 Å². The number of hydrogen-bond donors (Lipinski definition) is 0. The van der Waals surface area contributed by atoms with Crippen molar-refractivity contribution in [3.63, 3.8) is 0 Å². The van der Waals surface area contributed by atoms with Crippen LogP contribution < -0.4 is 0 Å². The van der Waals surface area contributed by atoms with Crippen molar-refractivity contribution < 1.29 is 27.0 Å². The maximum atomic E-state index is 5.10. The molecule has 29 nitrogen and oxygen atoms in total. The lowest BCUT2D eigenvalue weighted by molar-refractivity contribution is 0.392. The third-order valence-corrected chi connectivity index (χ3v) is 25.3. The van der Waals surface area contributed by atoms with Gasteiger partial charge in [0.1, 0.15) is 35.1 Å². The minimum absolute atomic E-state index is 0. The van der Waals surface area contributed by atoms with E-state index in [1.54, 1.807) is 111 Å². The van der Waals surface area contributed by atoms with E-state index in [0.29, 0.717) is 0 Å². The third-order valence-electron chi connectivity index (χ3n) is 17.1. The molecule has 0 saturated heterocycles. The van der Waals surface area contributed by atoms with Gasteiger partial charge in [0.05, 0.1) is 96.7 Å². The van der Waals surface area contributed by atoms with Gasteiger partial charge < -0.3 is 31.6 Å². The molecule has 0 bridgehead atoms. The molecule has 0 N–H and O–H groups in total. The minimum atomic E-state index is 0. The Labute approximate surface area is 942 Å². The first kappa shape index (κ1) is 163. The second-order valence-corrected chi connectivity index (χ2v) is 40.1. The van der Waals surface area contributed by atoms with Crippen LogP contribution in [-0.4, -0.2) is 112 Å². The summed E-state index contributed by atoms with van der Waals surface area (Å²) in [7, 11) is 3.92. The number of imidazole rings is 1. The van der Waals surface area contributed by atoms with E-state index in [1.807, 2.05) is 297 Å². The molecule has 20 rings (SSSR count). The lowest BCUT2D eigenvalue weighted by atomic mass is 10.2. The van der Waals surface area contributed by atoms with Crippen molar-refractivity contribution in [1.82, 2.24) is 112 Å². The van der Waals surface area contributed by atoms with Crippen LogP contribution in [0, 0.1) is 228 Å². The molecule has 0 unspecified atom stereocenters. The number of hydrogen-bond acceptors (Lipinski definition) is 37.